The highest BCUT2D eigenvalue weighted by molar-refractivity contribution is 7.99. The van der Waals surface area contributed by atoms with Gasteiger partial charge in [0, 0.05) is 18.4 Å². The van der Waals surface area contributed by atoms with Crippen LogP contribution in [0.4, 0.5) is 0 Å². The zero-order chi connectivity index (χ0) is 17.9. The van der Waals surface area contributed by atoms with E-state index in [1.165, 1.54) is 0 Å². The van der Waals surface area contributed by atoms with Crippen LogP contribution < -0.4 is 10.3 Å². The molecule has 1 unspecified atom stereocenters. The summed E-state index contributed by atoms with van der Waals surface area (Å²) in [6, 6.07) is 15.0. The number of methoxy groups -OCH3 is 1. The monoisotopic (exact) mass is 368 g/mol. The number of rotatable bonds is 5. The first-order valence-electron chi connectivity index (χ1n) is 8.67. The van der Waals surface area contributed by atoms with E-state index in [-0.39, 0.29) is 11.7 Å². The largest absolute Gasteiger partial charge is 0.497 e. The standard InChI is InChI=1S/C20H20N2O3S/c1-24-15-7-4-6-14(12-15)22-19(23)17-9-2-3-10-18(17)21-20(22)26-13-16-8-5-11-25-16/h2-4,6-7,9-10,12,16H,5,8,11,13H2,1H3. The average molecular weight is 368 g/mol. The minimum Gasteiger partial charge on any atom is -0.497 e. The minimum atomic E-state index is -0.0707. The minimum absolute atomic E-state index is 0.0707. The highest BCUT2D eigenvalue weighted by Gasteiger charge is 2.19. The Morgan fingerprint density at radius 3 is 2.96 bits per heavy atom. The average Bonchev–Trinajstić information content (AvgIpc) is 3.20. The maximum absolute atomic E-state index is 13.2. The van der Waals surface area contributed by atoms with Gasteiger partial charge in [-0.15, -0.1) is 0 Å². The molecule has 0 amide bonds. The molecule has 2 aromatic carbocycles. The number of para-hydroxylation sites is 1. The number of nitrogens with zero attached hydrogens (tertiary/aromatic N) is 2. The van der Waals surface area contributed by atoms with Crippen LogP contribution in [0.3, 0.4) is 0 Å². The van der Waals surface area contributed by atoms with E-state index in [0.29, 0.717) is 21.8 Å². The molecule has 1 fully saturated rings. The number of thioether (sulfide) groups is 1. The van der Waals surface area contributed by atoms with Crippen LogP contribution in [0.15, 0.2) is 58.5 Å². The molecule has 1 aromatic heterocycles. The van der Waals surface area contributed by atoms with E-state index in [1.807, 2.05) is 48.5 Å². The third-order valence-electron chi connectivity index (χ3n) is 4.48. The van der Waals surface area contributed by atoms with E-state index in [2.05, 4.69) is 0 Å². The van der Waals surface area contributed by atoms with Crippen LogP contribution in [-0.4, -0.2) is 35.1 Å². The summed E-state index contributed by atoms with van der Waals surface area (Å²) in [5.74, 6) is 1.49. The zero-order valence-electron chi connectivity index (χ0n) is 14.6. The van der Waals surface area contributed by atoms with Crippen molar-refractivity contribution >= 4 is 22.7 Å². The summed E-state index contributed by atoms with van der Waals surface area (Å²) in [5, 5.41) is 1.29. The quantitative estimate of drug-likeness (QED) is 0.508. The molecule has 134 valence electrons. The maximum Gasteiger partial charge on any atom is 0.266 e. The van der Waals surface area contributed by atoms with Gasteiger partial charge in [0.25, 0.3) is 5.56 Å². The van der Waals surface area contributed by atoms with Crippen LogP contribution in [0, 0.1) is 0 Å². The van der Waals surface area contributed by atoms with Gasteiger partial charge in [-0.1, -0.05) is 30.0 Å². The van der Waals surface area contributed by atoms with Gasteiger partial charge in [-0.2, -0.15) is 0 Å². The summed E-state index contributed by atoms with van der Waals surface area (Å²) in [7, 11) is 1.62. The number of benzene rings is 2. The predicted molar refractivity (Wildman–Crippen MR) is 104 cm³/mol. The van der Waals surface area contributed by atoms with Crippen LogP contribution in [0.2, 0.25) is 0 Å². The molecule has 3 aromatic rings. The molecular weight excluding hydrogens is 348 g/mol. The van der Waals surface area contributed by atoms with E-state index >= 15 is 0 Å². The number of ether oxygens (including phenoxy) is 2. The molecule has 4 rings (SSSR count). The summed E-state index contributed by atoms with van der Waals surface area (Å²) < 4.78 is 12.7. The van der Waals surface area contributed by atoms with Crippen molar-refractivity contribution in [2.75, 3.05) is 19.5 Å². The van der Waals surface area contributed by atoms with Gasteiger partial charge in [-0.25, -0.2) is 4.98 Å². The first-order valence-corrected chi connectivity index (χ1v) is 9.65. The predicted octanol–water partition coefficient (Wildman–Crippen LogP) is 3.67. The Bertz CT molecular complexity index is 980. The van der Waals surface area contributed by atoms with Gasteiger partial charge in [0.15, 0.2) is 5.16 Å². The lowest BCUT2D eigenvalue weighted by molar-refractivity contribution is 0.129. The Labute approximate surface area is 156 Å². The number of hydrogen-bond donors (Lipinski definition) is 0. The van der Waals surface area contributed by atoms with E-state index in [1.54, 1.807) is 23.4 Å². The van der Waals surface area contributed by atoms with Gasteiger partial charge in [0.1, 0.15) is 5.75 Å². The molecule has 26 heavy (non-hydrogen) atoms. The Morgan fingerprint density at radius 2 is 2.15 bits per heavy atom. The van der Waals surface area contributed by atoms with Crippen molar-refractivity contribution in [3.05, 3.63) is 58.9 Å². The van der Waals surface area contributed by atoms with Gasteiger partial charge in [-0.05, 0) is 37.1 Å². The molecule has 0 aliphatic carbocycles. The van der Waals surface area contributed by atoms with Gasteiger partial charge in [0.05, 0.1) is 29.8 Å². The fraction of sp³-hybridized carbons (Fsp3) is 0.300. The molecule has 0 spiro atoms. The fourth-order valence-corrected chi connectivity index (χ4v) is 4.21. The molecule has 1 aliphatic heterocycles. The van der Waals surface area contributed by atoms with E-state index in [9.17, 15) is 4.79 Å². The highest BCUT2D eigenvalue weighted by Crippen LogP contribution is 2.26. The van der Waals surface area contributed by atoms with Crippen molar-refractivity contribution in [1.29, 1.82) is 0 Å². The third kappa shape index (κ3) is 3.34. The van der Waals surface area contributed by atoms with E-state index < -0.39 is 0 Å². The second-order valence-electron chi connectivity index (χ2n) is 6.20. The highest BCUT2D eigenvalue weighted by atomic mass is 32.2. The molecule has 0 N–H and O–H groups in total. The van der Waals surface area contributed by atoms with Crippen LogP contribution in [0.1, 0.15) is 12.8 Å². The summed E-state index contributed by atoms with van der Waals surface area (Å²) >= 11 is 1.57. The number of hydrogen-bond acceptors (Lipinski definition) is 5. The summed E-state index contributed by atoms with van der Waals surface area (Å²) in [5.41, 5.74) is 1.40. The molecule has 0 saturated carbocycles. The lowest BCUT2D eigenvalue weighted by Gasteiger charge is -2.15. The topological polar surface area (TPSA) is 53.4 Å². The number of aromatic nitrogens is 2. The van der Waals surface area contributed by atoms with Gasteiger partial charge in [-0.3, -0.25) is 9.36 Å². The molecule has 6 heteroatoms. The maximum atomic E-state index is 13.2. The Balaban J connectivity index is 1.82. The third-order valence-corrected chi connectivity index (χ3v) is 5.55. The SMILES string of the molecule is COc1cccc(-n2c(SCC3CCCO3)nc3ccccc3c2=O)c1. The van der Waals surface area contributed by atoms with Crippen molar-refractivity contribution in [1.82, 2.24) is 9.55 Å². The summed E-state index contributed by atoms with van der Waals surface area (Å²) in [6.45, 7) is 0.819. The number of fused-ring (bicyclic) bond motifs is 1. The van der Waals surface area contributed by atoms with Gasteiger partial charge < -0.3 is 9.47 Å². The normalized spacial score (nSPS) is 16.9. The second-order valence-corrected chi connectivity index (χ2v) is 7.19. The molecule has 2 heterocycles. The Kier molecular flexibility index (Phi) is 4.95. The lowest BCUT2D eigenvalue weighted by Crippen LogP contribution is -2.22. The Morgan fingerprint density at radius 1 is 1.27 bits per heavy atom. The van der Waals surface area contributed by atoms with E-state index in [0.717, 1.165) is 30.9 Å². The Hall–Kier alpha value is -2.31. The summed E-state index contributed by atoms with van der Waals surface area (Å²) in [4.78, 5) is 17.9. The van der Waals surface area contributed by atoms with Crippen molar-refractivity contribution in [3.63, 3.8) is 0 Å². The molecule has 1 atom stereocenters. The van der Waals surface area contributed by atoms with Crippen molar-refractivity contribution < 1.29 is 9.47 Å². The molecular formula is C20H20N2O3S. The molecule has 1 saturated heterocycles. The van der Waals surface area contributed by atoms with E-state index in [4.69, 9.17) is 14.5 Å². The van der Waals surface area contributed by atoms with Crippen LogP contribution >= 0.6 is 11.8 Å². The summed E-state index contributed by atoms with van der Waals surface area (Å²) in [6.07, 6.45) is 2.38. The van der Waals surface area contributed by atoms with Crippen LogP contribution in [0.25, 0.3) is 16.6 Å². The first kappa shape index (κ1) is 17.1. The zero-order valence-corrected chi connectivity index (χ0v) is 15.4. The molecule has 1 aliphatic rings. The van der Waals surface area contributed by atoms with Crippen LogP contribution in [-0.2, 0) is 4.74 Å². The van der Waals surface area contributed by atoms with Crippen molar-refractivity contribution in [3.8, 4) is 11.4 Å². The molecule has 0 bridgehead atoms. The van der Waals surface area contributed by atoms with Gasteiger partial charge >= 0.3 is 0 Å². The smallest absolute Gasteiger partial charge is 0.266 e. The molecule has 0 radical (unpaired) electrons. The lowest BCUT2D eigenvalue weighted by atomic mass is 10.2. The van der Waals surface area contributed by atoms with Crippen LogP contribution in [0.5, 0.6) is 5.75 Å². The van der Waals surface area contributed by atoms with Gasteiger partial charge in [0.2, 0.25) is 0 Å². The second kappa shape index (κ2) is 7.51. The molecule has 5 nitrogen and oxygen atoms in total. The van der Waals surface area contributed by atoms with Crippen molar-refractivity contribution in [2.24, 2.45) is 0 Å². The fourth-order valence-electron chi connectivity index (χ4n) is 3.13. The first-order chi connectivity index (χ1) is 12.8. The van der Waals surface area contributed by atoms with Crippen molar-refractivity contribution in [2.45, 2.75) is 24.1 Å².